The quantitative estimate of drug-likeness (QED) is 0.406. The van der Waals surface area contributed by atoms with Gasteiger partial charge < -0.3 is 10.3 Å². The third kappa shape index (κ3) is 5.06. The summed E-state index contributed by atoms with van der Waals surface area (Å²) in [5, 5.41) is 7.00. The minimum absolute atomic E-state index is 0.145. The number of imidazole rings is 1. The molecule has 0 spiro atoms. The van der Waals surface area contributed by atoms with Gasteiger partial charge >= 0.3 is 6.03 Å². The van der Waals surface area contributed by atoms with E-state index in [0.29, 0.717) is 28.1 Å². The van der Waals surface area contributed by atoms with E-state index < -0.39 is 15.9 Å². The van der Waals surface area contributed by atoms with Crippen LogP contribution >= 0.6 is 11.3 Å². The Bertz CT molecular complexity index is 1360. The number of nitrogens with zero attached hydrogens (tertiary/aromatic N) is 2. The lowest BCUT2D eigenvalue weighted by Crippen LogP contribution is -2.28. The van der Waals surface area contributed by atoms with Crippen LogP contribution in [0.5, 0.6) is 0 Å². The number of carbonyl (C=O) groups excluding carboxylic acids is 1. The summed E-state index contributed by atoms with van der Waals surface area (Å²) in [6, 6.07) is 10.1. The normalized spacial score (nSPS) is 11.5. The molecule has 0 aliphatic carbocycles. The Morgan fingerprint density at radius 2 is 2.03 bits per heavy atom. The van der Waals surface area contributed by atoms with Crippen LogP contribution in [0.1, 0.15) is 17.1 Å². The van der Waals surface area contributed by atoms with Gasteiger partial charge in [-0.2, -0.15) is 0 Å². The van der Waals surface area contributed by atoms with Crippen molar-refractivity contribution in [2.45, 2.75) is 24.1 Å². The van der Waals surface area contributed by atoms with Gasteiger partial charge in [-0.05, 0) is 42.8 Å². The first-order valence-corrected chi connectivity index (χ1v) is 11.7. The Hall–Kier alpha value is -3.31. The summed E-state index contributed by atoms with van der Waals surface area (Å²) in [5.74, 6) is 0.0251. The van der Waals surface area contributed by atoms with Gasteiger partial charge in [-0.25, -0.2) is 27.6 Å². The number of carbonyl (C=O) groups is 1. The average molecular weight is 460 g/mol. The Morgan fingerprint density at radius 1 is 1.19 bits per heavy atom. The van der Waals surface area contributed by atoms with Crippen molar-refractivity contribution < 1.29 is 17.6 Å². The molecule has 0 aliphatic heterocycles. The standard InChI is InChI=1S/C20H18FN5O3S2/c1-12-23-17-6-5-16(8-18(17)24-12)31(28,29)11-15-10-30-20(25-15)26-19(27)22-9-13-3-2-4-14(21)7-13/h2-8,10H,9,11H2,1H3,(H,23,24)(H2,22,25,26,27). The van der Waals surface area contributed by atoms with Crippen molar-refractivity contribution in [3.63, 3.8) is 0 Å². The minimum Gasteiger partial charge on any atom is -0.342 e. The van der Waals surface area contributed by atoms with Gasteiger partial charge in [0.1, 0.15) is 11.6 Å². The summed E-state index contributed by atoms with van der Waals surface area (Å²) in [6.45, 7) is 1.94. The molecule has 160 valence electrons. The van der Waals surface area contributed by atoms with Crippen molar-refractivity contribution in [1.82, 2.24) is 20.3 Å². The van der Waals surface area contributed by atoms with E-state index in [9.17, 15) is 17.6 Å². The first-order chi connectivity index (χ1) is 14.8. The maximum Gasteiger partial charge on any atom is 0.321 e. The maximum atomic E-state index is 13.2. The molecular weight excluding hydrogens is 441 g/mol. The van der Waals surface area contributed by atoms with Gasteiger partial charge in [0.25, 0.3) is 0 Å². The summed E-state index contributed by atoms with van der Waals surface area (Å²) < 4.78 is 38.7. The molecule has 0 atom stereocenters. The zero-order valence-corrected chi connectivity index (χ0v) is 18.0. The van der Waals surface area contributed by atoms with Crippen molar-refractivity contribution in [3.8, 4) is 0 Å². The van der Waals surface area contributed by atoms with E-state index in [1.165, 1.54) is 18.2 Å². The molecular formula is C20H18FN5O3S2. The number of fused-ring (bicyclic) bond motifs is 1. The molecule has 0 unspecified atom stereocenters. The smallest absolute Gasteiger partial charge is 0.321 e. The lowest BCUT2D eigenvalue weighted by molar-refractivity contribution is 0.251. The second-order valence-electron chi connectivity index (χ2n) is 6.84. The highest BCUT2D eigenvalue weighted by molar-refractivity contribution is 7.90. The number of nitrogens with one attached hydrogen (secondary N) is 3. The lowest BCUT2D eigenvalue weighted by Gasteiger charge is -2.05. The molecule has 4 rings (SSSR count). The number of hydrogen-bond donors (Lipinski definition) is 3. The number of amides is 2. The van der Waals surface area contributed by atoms with Gasteiger partial charge in [-0.3, -0.25) is 5.32 Å². The number of thiazole rings is 1. The van der Waals surface area contributed by atoms with Crippen LogP contribution in [0.15, 0.2) is 52.7 Å². The molecule has 0 bridgehead atoms. The number of benzene rings is 2. The van der Waals surface area contributed by atoms with Crippen molar-refractivity contribution in [1.29, 1.82) is 0 Å². The molecule has 8 nitrogen and oxygen atoms in total. The number of sulfone groups is 1. The summed E-state index contributed by atoms with van der Waals surface area (Å²) in [7, 11) is -3.63. The Morgan fingerprint density at radius 3 is 2.84 bits per heavy atom. The Balaban J connectivity index is 1.38. The van der Waals surface area contributed by atoms with E-state index in [2.05, 4.69) is 25.6 Å². The molecule has 2 aromatic carbocycles. The van der Waals surface area contributed by atoms with E-state index in [-0.39, 0.29) is 28.1 Å². The van der Waals surface area contributed by atoms with Crippen LogP contribution in [-0.2, 0) is 22.1 Å². The molecule has 0 radical (unpaired) electrons. The van der Waals surface area contributed by atoms with Crippen molar-refractivity contribution >= 4 is 43.4 Å². The number of urea groups is 1. The number of aromatic nitrogens is 3. The molecule has 4 aromatic rings. The Kier molecular flexibility index (Phi) is 5.70. The summed E-state index contributed by atoms with van der Waals surface area (Å²) in [5.41, 5.74) is 2.28. The van der Waals surface area contributed by atoms with Gasteiger partial charge in [0, 0.05) is 11.9 Å². The molecule has 0 saturated heterocycles. The molecule has 2 aromatic heterocycles. The van der Waals surface area contributed by atoms with Crippen LogP contribution in [0.25, 0.3) is 11.0 Å². The van der Waals surface area contributed by atoms with Gasteiger partial charge in [0.15, 0.2) is 15.0 Å². The first-order valence-electron chi connectivity index (χ1n) is 9.21. The maximum absolute atomic E-state index is 13.2. The number of aryl methyl sites for hydroxylation is 1. The number of halogens is 1. The van der Waals surface area contributed by atoms with Crippen LogP contribution in [-0.4, -0.2) is 29.4 Å². The van der Waals surface area contributed by atoms with Gasteiger partial charge in [0.05, 0.1) is 27.4 Å². The first kappa shape index (κ1) is 20.9. The molecule has 3 N–H and O–H groups in total. The van der Waals surface area contributed by atoms with E-state index >= 15 is 0 Å². The van der Waals surface area contributed by atoms with Crippen LogP contribution in [0.2, 0.25) is 0 Å². The molecule has 0 fully saturated rings. The van der Waals surface area contributed by atoms with Gasteiger partial charge in [0.2, 0.25) is 0 Å². The largest absolute Gasteiger partial charge is 0.342 e. The summed E-state index contributed by atoms with van der Waals surface area (Å²) in [6.07, 6.45) is 0. The molecule has 2 amide bonds. The summed E-state index contributed by atoms with van der Waals surface area (Å²) in [4.78, 5) is 23.7. The second-order valence-corrected chi connectivity index (χ2v) is 9.69. The summed E-state index contributed by atoms with van der Waals surface area (Å²) >= 11 is 1.12. The van der Waals surface area contributed by atoms with Crippen LogP contribution in [0, 0.1) is 12.7 Å². The monoisotopic (exact) mass is 459 g/mol. The number of rotatable bonds is 6. The van der Waals surface area contributed by atoms with E-state index in [0.717, 1.165) is 11.3 Å². The molecule has 0 saturated carbocycles. The second kappa shape index (κ2) is 8.44. The Labute approximate surface area is 181 Å². The number of aromatic amines is 1. The van der Waals surface area contributed by atoms with Crippen LogP contribution in [0.3, 0.4) is 0 Å². The molecule has 2 heterocycles. The highest BCUT2D eigenvalue weighted by Gasteiger charge is 2.19. The molecule has 11 heteroatoms. The van der Waals surface area contributed by atoms with E-state index in [4.69, 9.17) is 0 Å². The highest BCUT2D eigenvalue weighted by Crippen LogP contribution is 2.23. The lowest BCUT2D eigenvalue weighted by atomic mass is 10.2. The molecule has 31 heavy (non-hydrogen) atoms. The zero-order chi connectivity index (χ0) is 22.0. The third-order valence-corrected chi connectivity index (χ3v) is 6.84. The fraction of sp³-hybridized carbons (Fsp3) is 0.150. The number of H-pyrrole nitrogens is 1. The fourth-order valence-corrected chi connectivity index (χ4v) is 5.08. The van der Waals surface area contributed by atoms with Crippen molar-refractivity contribution in [2.75, 3.05) is 5.32 Å². The van der Waals surface area contributed by atoms with Crippen LogP contribution in [0.4, 0.5) is 14.3 Å². The average Bonchev–Trinajstić information content (AvgIpc) is 3.30. The predicted octanol–water partition coefficient (Wildman–Crippen LogP) is 3.76. The van der Waals surface area contributed by atoms with Crippen molar-refractivity contribution in [2.24, 2.45) is 0 Å². The molecule has 0 aliphatic rings. The number of hydrogen-bond acceptors (Lipinski definition) is 6. The van der Waals surface area contributed by atoms with Gasteiger partial charge in [-0.1, -0.05) is 12.1 Å². The third-order valence-electron chi connectivity index (χ3n) is 4.38. The minimum atomic E-state index is -3.63. The van der Waals surface area contributed by atoms with E-state index in [1.807, 2.05) is 0 Å². The topological polar surface area (TPSA) is 117 Å². The number of anilines is 1. The SMILES string of the molecule is Cc1nc2ccc(S(=O)(=O)Cc3csc(NC(=O)NCc4cccc(F)c4)n3)cc2[nH]1. The predicted molar refractivity (Wildman–Crippen MR) is 116 cm³/mol. The van der Waals surface area contributed by atoms with E-state index in [1.54, 1.807) is 36.6 Å². The highest BCUT2D eigenvalue weighted by atomic mass is 32.2. The van der Waals surface area contributed by atoms with Gasteiger partial charge in [-0.15, -0.1) is 11.3 Å². The van der Waals surface area contributed by atoms with Crippen molar-refractivity contribution in [3.05, 3.63) is 70.7 Å². The zero-order valence-electron chi connectivity index (χ0n) is 16.3. The van der Waals surface area contributed by atoms with Crippen LogP contribution < -0.4 is 10.6 Å². The fourth-order valence-electron chi connectivity index (χ4n) is 2.99.